The van der Waals surface area contributed by atoms with Crippen molar-refractivity contribution in [3.05, 3.63) is 50.6 Å². The van der Waals surface area contributed by atoms with Crippen LogP contribution in [0.25, 0.3) is 0 Å². The number of nitrogens with zero attached hydrogens (tertiary/aromatic N) is 6. The van der Waals surface area contributed by atoms with E-state index < -0.39 is 22.3 Å². The quantitative estimate of drug-likeness (QED) is 0.403. The molecule has 1 aliphatic heterocycles. The molecule has 0 radical (unpaired) electrons. The number of rotatable bonds is 7. The SMILES string of the molecule is CC(Sc1nnc(N2CCCC2)n1Cc1ccco1)C(=O)c1c(N)n(C)c(=O)n(C)c1=O. The number of anilines is 2. The number of aromatic nitrogens is 5. The van der Waals surface area contributed by atoms with Crippen LogP contribution < -0.4 is 21.9 Å². The lowest BCUT2D eigenvalue weighted by molar-refractivity contribution is 0.0992. The van der Waals surface area contributed by atoms with Gasteiger partial charge in [0.1, 0.15) is 17.1 Å². The number of ketones is 1. The largest absolute Gasteiger partial charge is 0.467 e. The molecule has 11 nitrogen and oxygen atoms in total. The van der Waals surface area contributed by atoms with E-state index in [-0.39, 0.29) is 11.4 Å². The highest BCUT2D eigenvalue weighted by atomic mass is 32.2. The first kappa shape index (κ1) is 21.9. The monoisotopic (exact) mass is 459 g/mol. The van der Waals surface area contributed by atoms with Crippen molar-refractivity contribution in [2.75, 3.05) is 23.7 Å². The summed E-state index contributed by atoms with van der Waals surface area (Å²) in [6.45, 7) is 3.87. The van der Waals surface area contributed by atoms with Gasteiger partial charge in [0.15, 0.2) is 10.9 Å². The van der Waals surface area contributed by atoms with Gasteiger partial charge in [-0.2, -0.15) is 0 Å². The summed E-state index contributed by atoms with van der Waals surface area (Å²) in [5.41, 5.74) is 4.46. The lowest BCUT2D eigenvalue weighted by Crippen LogP contribution is -2.42. The fourth-order valence-electron chi connectivity index (χ4n) is 3.72. The van der Waals surface area contributed by atoms with Gasteiger partial charge in [-0.15, -0.1) is 10.2 Å². The molecule has 0 amide bonds. The average molecular weight is 460 g/mol. The Morgan fingerprint density at radius 1 is 1.22 bits per heavy atom. The molecule has 1 fully saturated rings. The Hall–Kier alpha value is -3.28. The van der Waals surface area contributed by atoms with Gasteiger partial charge >= 0.3 is 5.69 Å². The van der Waals surface area contributed by atoms with Crippen LogP contribution in [0.15, 0.2) is 37.6 Å². The summed E-state index contributed by atoms with van der Waals surface area (Å²) >= 11 is 1.19. The zero-order valence-corrected chi connectivity index (χ0v) is 19.0. The Morgan fingerprint density at radius 2 is 1.94 bits per heavy atom. The van der Waals surface area contributed by atoms with Crippen LogP contribution in [-0.4, -0.2) is 48.0 Å². The number of Topliss-reactive ketones (excluding diaryl/α,β-unsaturated/α-hetero) is 1. The first-order chi connectivity index (χ1) is 15.3. The minimum Gasteiger partial charge on any atom is -0.467 e. The Labute approximate surface area is 187 Å². The summed E-state index contributed by atoms with van der Waals surface area (Å²) in [7, 11) is 2.75. The van der Waals surface area contributed by atoms with E-state index in [0.717, 1.165) is 46.8 Å². The number of carbonyl (C=O) groups excluding carboxylic acids is 1. The second kappa shape index (κ2) is 8.69. The maximum absolute atomic E-state index is 13.2. The molecule has 3 aromatic heterocycles. The molecule has 0 spiro atoms. The molecule has 1 unspecified atom stereocenters. The number of hydrogen-bond acceptors (Lipinski definition) is 9. The Morgan fingerprint density at radius 3 is 2.59 bits per heavy atom. The third-order valence-electron chi connectivity index (χ3n) is 5.59. The van der Waals surface area contributed by atoms with Crippen molar-refractivity contribution in [1.82, 2.24) is 23.9 Å². The molecular weight excluding hydrogens is 434 g/mol. The van der Waals surface area contributed by atoms with Gasteiger partial charge in [0.05, 0.1) is 18.1 Å². The first-order valence-corrected chi connectivity index (χ1v) is 11.1. The van der Waals surface area contributed by atoms with Crippen LogP contribution in [-0.2, 0) is 20.6 Å². The van der Waals surface area contributed by atoms with Crippen LogP contribution in [0.1, 0.15) is 35.9 Å². The van der Waals surface area contributed by atoms with Crippen LogP contribution in [0.5, 0.6) is 0 Å². The summed E-state index contributed by atoms with van der Waals surface area (Å²) < 4.78 is 9.40. The minimum absolute atomic E-state index is 0.148. The van der Waals surface area contributed by atoms with E-state index in [9.17, 15) is 14.4 Å². The topological polar surface area (TPSA) is 134 Å². The van der Waals surface area contributed by atoms with Crippen molar-refractivity contribution in [1.29, 1.82) is 0 Å². The van der Waals surface area contributed by atoms with Crippen molar-refractivity contribution < 1.29 is 9.21 Å². The van der Waals surface area contributed by atoms with Gasteiger partial charge in [0.25, 0.3) is 5.56 Å². The summed E-state index contributed by atoms with van der Waals surface area (Å²) in [6, 6.07) is 3.68. The van der Waals surface area contributed by atoms with E-state index in [1.807, 2.05) is 16.7 Å². The molecule has 0 aromatic carbocycles. The standard InChI is InChI=1S/C20H25N7O4S/c1-12(15(28)14-16(21)24(2)20(30)25(3)17(14)29)32-19-23-22-18(26-8-4-5-9-26)27(19)11-13-7-6-10-31-13/h6-7,10,12H,4-5,8-9,11,21H2,1-3H3. The number of carbonyl (C=O) groups is 1. The van der Waals surface area contributed by atoms with E-state index in [0.29, 0.717) is 11.7 Å². The van der Waals surface area contributed by atoms with Crippen LogP contribution >= 0.6 is 11.8 Å². The summed E-state index contributed by atoms with van der Waals surface area (Å²) in [6.07, 6.45) is 3.77. The van der Waals surface area contributed by atoms with Crippen molar-refractivity contribution in [2.45, 2.75) is 36.7 Å². The summed E-state index contributed by atoms with van der Waals surface area (Å²) in [4.78, 5) is 40.0. The van der Waals surface area contributed by atoms with Gasteiger partial charge in [0, 0.05) is 27.2 Å². The minimum atomic E-state index is -0.710. The van der Waals surface area contributed by atoms with Crippen LogP contribution in [0.2, 0.25) is 0 Å². The van der Waals surface area contributed by atoms with E-state index >= 15 is 0 Å². The fourth-order valence-corrected chi connectivity index (χ4v) is 4.62. The van der Waals surface area contributed by atoms with E-state index in [1.54, 1.807) is 13.2 Å². The molecule has 1 atom stereocenters. The molecular formula is C20H25N7O4S. The molecule has 3 aromatic rings. The van der Waals surface area contributed by atoms with Crippen molar-refractivity contribution in [3.8, 4) is 0 Å². The summed E-state index contributed by atoms with van der Waals surface area (Å²) in [5.74, 6) is 0.838. The molecule has 0 bridgehead atoms. The third kappa shape index (κ3) is 3.85. The first-order valence-electron chi connectivity index (χ1n) is 10.3. The summed E-state index contributed by atoms with van der Waals surface area (Å²) in [5, 5.41) is 8.54. The predicted molar refractivity (Wildman–Crippen MR) is 120 cm³/mol. The Bertz CT molecular complexity index is 1250. The molecule has 170 valence electrons. The zero-order chi connectivity index (χ0) is 23.0. The van der Waals surface area contributed by atoms with Crippen LogP contribution in [0, 0.1) is 0 Å². The highest BCUT2D eigenvalue weighted by Gasteiger charge is 2.28. The van der Waals surface area contributed by atoms with Crippen LogP contribution in [0.3, 0.4) is 0 Å². The normalized spacial score (nSPS) is 14.8. The smallest absolute Gasteiger partial charge is 0.332 e. The molecule has 2 N–H and O–H groups in total. The second-order valence-electron chi connectivity index (χ2n) is 7.73. The molecule has 4 rings (SSSR count). The molecule has 1 saturated heterocycles. The molecule has 1 aliphatic rings. The van der Waals surface area contributed by atoms with Gasteiger partial charge < -0.3 is 15.1 Å². The maximum atomic E-state index is 13.2. The molecule has 12 heteroatoms. The number of thioether (sulfide) groups is 1. The van der Waals surface area contributed by atoms with Crippen molar-refractivity contribution in [3.63, 3.8) is 0 Å². The zero-order valence-electron chi connectivity index (χ0n) is 18.1. The Balaban J connectivity index is 1.66. The lowest BCUT2D eigenvalue weighted by atomic mass is 10.1. The highest BCUT2D eigenvalue weighted by Crippen LogP contribution is 2.29. The van der Waals surface area contributed by atoms with Crippen molar-refractivity contribution in [2.24, 2.45) is 14.1 Å². The second-order valence-corrected chi connectivity index (χ2v) is 9.04. The highest BCUT2D eigenvalue weighted by molar-refractivity contribution is 8.00. The molecule has 32 heavy (non-hydrogen) atoms. The van der Waals surface area contributed by atoms with Crippen LogP contribution in [0.4, 0.5) is 11.8 Å². The van der Waals surface area contributed by atoms with Gasteiger partial charge in [0.2, 0.25) is 5.95 Å². The maximum Gasteiger partial charge on any atom is 0.332 e. The van der Waals surface area contributed by atoms with Crippen molar-refractivity contribution >= 4 is 29.3 Å². The molecule has 0 saturated carbocycles. The van der Waals surface area contributed by atoms with E-state index in [2.05, 4.69) is 15.1 Å². The number of furan rings is 1. The van der Waals surface area contributed by atoms with Gasteiger partial charge in [-0.3, -0.25) is 23.3 Å². The Kier molecular flexibility index (Phi) is 5.96. The number of nitrogens with two attached hydrogens (primary N) is 1. The third-order valence-corrected chi connectivity index (χ3v) is 6.67. The average Bonchev–Trinajstić information content (AvgIpc) is 3.54. The fraction of sp³-hybridized carbons (Fsp3) is 0.450. The molecule has 4 heterocycles. The predicted octanol–water partition coefficient (Wildman–Crippen LogP) is 0.863. The van der Waals surface area contributed by atoms with E-state index in [4.69, 9.17) is 10.2 Å². The number of hydrogen-bond donors (Lipinski definition) is 1. The number of nitrogen functional groups attached to an aromatic ring is 1. The van der Waals surface area contributed by atoms with E-state index in [1.165, 1.54) is 25.9 Å². The lowest BCUT2D eigenvalue weighted by Gasteiger charge is -2.18. The van der Waals surface area contributed by atoms with Gasteiger partial charge in [-0.25, -0.2) is 4.79 Å². The van der Waals surface area contributed by atoms with Gasteiger partial charge in [-0.1, -0.05) is 11.8 Å². The van der Waals surface area contributed by atoms with Gasteiger partial charge in [-0.05, 0) is 31.9 Å². The molecule has 0 aliphatic carbocycles.